The van der Waals surface area contributed by atoms with E-state index in [1.807, 2.05) is 6.20 Å². The molecule has 1 atom stereocenters. The Hall–Kier alpha value is -0.370. The molecule has 0 saturated heterocycles. The Morgan fingerprint density at radius 3 is 2.23 bits per heavy atom. The first-order chi connectivity index (χ1) is 10.1. The lowest BCUT2D eigenvalue weighted by atomic mass is 9.58. The molecule has 1 rings (SSSR count). The van der Waals surface area contributed by atoms with E-state index >= 15 is 0 Å². The minimum absolute atomic E-state index is 0.286. The molecule has 0 radical (unpaired) electrons. The molecule has 0 amide bonds. The highest BCUT2D eigenvalue weighted by molar-refractivity contribution is 9.10. The Balaban J connectivity index is 3.00. The number of unbranched alkanes of at least 4 members (excludes halogenated alkanes) is 1. The van der Waals surface area contributed by atoms with Crippen molar-refractivity contribution in [3.63, 3.8) is 0 Å². The molecule has 0 bridgehead atoms. The fourth-order valence-corrected chi connectivity index (χ4v) is 3.33. The fourth-order valence-electron chi connectivity index (χ4n) is 3.09. The number of hydrogen-bond donors (Lipinski definition) is 0. The molecule has 1 heterocycles. The third-order valence-electron chi connectivity index (χ3n) is 6.02. The van der Waals surface area contributed by atoms with Crippen LogP contribution in [0.15, 0.2) is 22.8 Å². The van der Waals surface area contributed by atoms with Crippen molar-refractivity contribution in [2.75, 3.05) is 0 Å². The molecule has 1 aromatic heterocycles. The van der Waals surface area contributed by atoms with Gasteiger partial charge in [-0.3, -0.25) is 4.98 Å². The van der Waals surface area contributed by atoms with Gasteiger partial charge in [0.1, 0.15) is 0 Å². The van der Waals surface area contributed by atoms with Gasteiger partial charge >= 0.3 is 0 Å². The molecule has 0 aliphatic heterocycles. The summed E-state index contributed by atoms with van der Waals surface area (Å²) in [4.78, 5) is 4.70. The lowest BCUT2D eigenvalue weighted by Gasteiger charge is -2.46. The van der Waals surface area contributed by atoms with Gasteiger partial charge in [-0.15, -0.1) is 0 Å². The molecule has 0 spiro atoms. The first-order valence-electron chi connectivity index (χ1n) is 8.73. The van der Waals surface area contributed by atoms with Crippen LogP contribution in [-0.4, -0.2) is 4.98 Å². The van der Waals surface area contributed by atoms with E-state index < -0.39 is 0 Å². The molecule has 0 aromatic carbocycles. The van der Waals surface area contributed by atoms with Crippen LogP contribution in [0, 0.1) is 16.7 Å². The van der Waals surface area contributed by atoms with Gasteiger partial charge in [-0.2, -0.15) is 0 Å². The fraction of sp³-hybridized carbons (Fsp3) is 0.750. The van der Waals surface area contributed by atoms with Crippen LogP contribution in [0.1, 0.15) is 85.8 Å². The number of rotatable bonds is 8. The third-order valence-corrected chi connectivity index (χ3v) is 6.49. The van der Waals surface area contributed by atoms with E-state index in [-0.39, 0.29) is 5.41 Å². The maximum atomic E-state index is 4.70. The summed E-state index contributed by atoms with van der Waals surface area (Å²) < 4.78 is 1.06. The molecule has 22 heavy (non-hydrogen) atoms. The molecule has 0 saturated carbocycles. The van der Waals surface area contributed by atoms with Gasteiger partial charge in [-0.25, -0.2) is 0 Å². The quantitative estimate of drug-likeness (QED) is 0.472. The molecule has 1 nitrogen and oxygen atoms in total. The molecule has 0 aliphatic carbocycles. The summed E-state index contributed by atoms with van der Waals surface area (Å²) in [6.45, 7) is 16.7. The Labute approximate surface area is 146 Å². The Bertz CT molecular complexity index is 445. The predicted molar refractivity (Wildman–Crippen MR) is 101 cm³/mol. The van der Waals surface area contributed by atoms with E-state index in [0.29, 0.717) is 17.3 Å². The standard InChI is InChI=1S/C20H34BrN/c1-8-9-10-16(18-12-11-17(21)14-22-18)13-19(4,5)20(6,7)15(2)3/h11-12,14-16H,8-10,13H2,1-7H3. The molecular formula is C20H34BrN. The molecule has 1 unspecified atom stereocenters. The second kappa shape index (κ2) is 7.95. The summed E-state index contributed by atoms with van der Waals surface area (Å²) >= 11 is 3.50. The smallest absolute Gasteiger partial charge is 0.0435 e. The number of aromatic nitrogens is 1. The maximum Gasteiger partial charge on any atom is 0.0435 e. The highest BCUT2D eigenvalue weighted by Gasteiger charge is 2.40. The molecule has 1 aromatic rings. The van der Waals surface area contributed by atoms with E-state index in [2.05, 4.69) is 76.5 Å². The second-order valence-electron chi connectivity index (χ2n) is 8.20. The molecular weight excluding hydrogens is 334 g/mol. The molecule has 0 fully saturated rings. The van der Waals surface area contributed by atoms with Gasteiger partial charge < -0.3 is 0 Å². The van der Waals surface area contributed by atoms with Crippen LogP contribution in [0.3, 0.4) is 0 Å². The van der Waals surface area contributed by atoms with Gasteiger partial charge in [0.2, 0.25) is 0 Å². The van der Waals surface area contributed by atoms with E-state index in [0.717, 1.165) is 4.47 Å². The van der Waals surface area contributed by atoms with Crippen LogP contribution in [0.25, 0.3) is 0 Å². The van der Waals surface area contributed by atoms with Crippen molar-refractivity contribution in [3.8, 4) is 0 Å². The van der Waals surface area contributed by atoms with Crippen LogP contribution in [-0.2, 0) is 0 Å². The number of nitrogens with zero attached hydrogens (tertiary/aromatic N) is 1. The van der Waals surface area contributed by atoms with Gasteiger partial charge in [-0.1, -0.05) is 61.3 Å². The van der Waals surface area contributed by atoms with Gasteiger partial charge in [0, 0.05) is 22.3 Å². The predicted octanol–water partition coefficient (Wildman–Crippen LogP) is 7.22. The average Bonchev–Trinajstić information content (AvgIpc) is 2.43. The summed E-state index contributed by atoms with van der Waals surface area (Å²) in [5.74, 6) is 1.23. The Morgan fingerprint density at radius 2 is 1.77 bits per heavy atom. The summed E-state index contributed by atoms with van der Waals surface area (Å²) in [7, 11) is 0. The minimum Gasteiger partial charge on any atom is -0.260 e. The number of pyridine rings is 1. The van der Waals surface area contributed by atoms with Crippen molar-refractivity contribution in [1.29, 1.82) is 0 Å². The van der Waals surface area contributed by atoms with Gasteiger partial charge in [0.15, 0.2) is 0 Å². The Morgan fingerprint density at radius 1 is 1.14 bits per heavy atom. The lowest BCUT2D eigenvalue weighted by molar-refractivity contribution is 0.0393. The largest absolute Gasteiger partial charge is 0.260 e. The van der Waals surface area contributed by atoms with Gasteiger partial charge in [0.25, 0.3) is 0 Å². The van der Waals surface area contributed by atoms with Crippen molar-refractivity contribution in [2.45, 2.75) is 80.1 Å². The first-order valence-corrected chi connectivity index (χ1v) is 9.52. The highest BCUT2D eigenvalue weighted by atomic mass is 79.9. The Kier molecular flexibility index (Phi) is 7.11. The minimum atomic E-state index is 0.286. The molecule has 126 valence electrons. The monoisotopic (exact) mass is 367 g/mol. The van der Waals surface area contributed by atoms with E-state index in [4.69, 9.17) is 4.98 Å². The second-order valence-corrected chi connectivity index (χ2v) is 9.12. The topological polar surface area (TPSA) is 12.9 Å². The van der Waals surface area contributed by atoms with Crippen LogP contribution in [0.4, 0.5) is 0 Å². The third kappa shape index (κ3) is 4.81. The van der Waals surface area contributed by atoms with Crippen molar-refractivity contribution in [1.82, 2.24) is 4.98 Å². The van der Waals surface area contributed by atoms with E-state index in [1.54, 1.807) is 0 Å². The van der Waals surface area contributed by atoms with Crippen LogP contribution in [0.2, 0.25) is 0 Å². The first kappa shape index (κ1) is 19.7. The van der Waals surface area contributed by atoms with Crippen molar-refractivity contribution >= 4 is 15.9 Å². The zero-order valence-corrected chi connectivity index (χ0v) is 17.1. The van der Waals surface area contributed by atoms with E-state index in [9.17, 15) is 0 Å². The van der Waals surface area contributed by atoms with Gasteiger partial charge in [-0.05, 0) is 57.7 Å². The lowest BCUT2D eigenvalue weighted by Crippen LogP contribution is -2.38. The maximum absolute atomic E-state index is 4.70. The van der Waals surface area contributed by atoms with Crippen LogP contribution < -0.4 is 0 Å². The average molecular weight is 368 g/mol. The molecule has 2 heteroatoms. The summed E-state index contributed by atoms with van der Waals surface area (Å²) in [6, 6.07) is 4.32. The zero-order valence-electron chi connectivity index (χ0n) is 15.5. The van der Waals surface area contributed by atoms with Crippen LogP contribution >= 0.6 is 15.9 Å². The molecule has 0 aliphatic rings. The molecule has 0 N–H and O–H groups in total. The highest BCUT2D eigenvalue weighted by Crippen LogP contribution is 2.50. The summed E-state index contributed by atoms with van der Waals surface area (Å²) in [5.41, 5.74) is 1.85. The zero-order chi connectivity index (χ0) is 17.0. The number of hydrogen-bond acceptors (Lipinski definition) is 1. The number of halogens is 1. The SMILES string of the molecule is CCCCC(CC(C)(C)C(C)(C)C(C)C)c1ccc(Br)cn1. The van der Waals surface area contributed by atoms with Gasteiger partial charge in [0.05, 0.1) is 0 Å². The summed E-state index contributed by atoms with van der Waals surface area (Å²) in [5, 5.41) is 0. The van der Waals surface area contributed by atoms with E-state index in [1.165, 1.54) is 31.4 Å². The van der Waals surface area contributed by atoms with Crippen molar-refractivity contribution in [3.05, 3.63) is 28.5 Å². The normalized spacial score (nSPS) is 14.4. The van der Waals surface area contributed by atoms with Crippen molar-refractivity contribution < 1.29 is 0 Å². The van der Waals surface area contributed by atoms with Crippen LogP contribution in [0.5, 0.6) is 0 Å². The summed E-state index contributed by atoms with van der Waals surface area (Å²) in [6.07, 6.45) is 6.91. The van der Waals surface area contributed by atoms with Crippen molar-refractivity contribution in [2.24, 2.45) is 16.7 Å².